The largest absolute Gasteiger partial charge is 0.481 e. The summed E-state index contributed by atoms with van der Waals surface area (Å²) in [6, 6.07) is 5.86. The first-order valence-electron chi connectivity index (χ1n) is 6.28. The van der Waals surface area contributed by atoms with Gasteiger partial charge >= 0.3 is 5.97 Å². The molecule has 0 fully saturated rings. The van der Waals surface area contributed by atoms with Crippen molar-refractivity contribution in [3.05, 3.63) is 28.2 Å². The zero-order chi connectivity index (χ0) is 15.4. The maximum absolute atomic E-state index is 10.8. The number of hydrogen-bond donors (Lipinski definition) is 1. The van der Waals surface area contributed by atoms with E-state index in [2.05, 4.69) is 31.5 Å². The summed E-state index contributed by atoms with van der Waals surface area (Å²) in [5.74, 6) is -0.346. The topological polar surface area (TPSA) is 90.1 Å². The number of aliphatic carboxylic acids is 1. The summed E-state index contributed by atoms with van der Waals surface area (Å²) in [5, 5.41) is 20.5. The Morgan fingerprint density at radius 2 is 2.24 bits per heavy atom. The number of aryl methyl sites for hydroxylation is 1. The number of tetrazole rings is 1. The lowest BCUT2D eigenvalue weighted by Crippen LogP contribution is -2.23. The Morgan fingerprint density at radius 3 is 2.86 bits per heavy atom. The molecule has 1 N–H and O–H groups in total. The molecule has 1 aromatic heterocycles. The zero-order valence-corrected chi connectivity index (χ0v) is 13.2. The van der Waals surface area contributed by atoms with E-state index in [0.29, 0.717) is 5.82 Å². The predicted molar refractivity (Wildman–Crippen MR) is 78.7 cm³/mol. The molecule has 0 radical (unpaired) electrons. The lowest BCUT2D eigenvalue weighted by Gasteiger charge is -2.13. The van der Waals surface area contributed by atoms with Crippen LogP contribution >= 0.6 is 15.9 Å². The Hall–Kier alpha value is -1.80. The quantitative estimate of drug-likeness (QED) is 0.851. The van der Waals surface area contributed by atoms with E-state index >= 15 is 0 Å². The molecule has 8 heteroatoms. The molecule has 0 bridgehead atoms. The maximum Gasteiger partial charge on any atom is 0.306 e. The first-order valence-corrected chi connectivity index (χ1v) is 7.07. The Kier molecular flexibility index (Phi) is 5.03. The summed E-state index contributed by atoms with van der Waals surface area (Å²) in [6.45, 7) is 2.25. The molecule has 0 saturated carbocycles. The maximum atomic E-state index is 10.8. The van der Waals surface area contributed by atoms with E-state index < -0.39 is 12.1 Å². The summed E-state index contributed by atoms with van der Waals surface area (Å²) < 4.78 is 7.65. The average Bonchev–Trinajstić information content (AvgIpc) is 2.84. The normalized spacial score (nSPS) is 12.3. The minimum Gasteiger partial charge on any atom is -0.481 e. The van der Waals surface area contributed by atoms with E-state index in [0.717, 1.165) is 15.6 Å². The number of nitrogens with zero attached hydrogens (tertiary/aromatic N) is 4. The van der Waals surface area contributed by atoms with E-state index in [4.69, 9.17) is 9.84 Å². The van der Waals surface area contributed by atoms with Crippen molar-refractivity contribution in [2.24, 2.45) is 0 Å². The van der Waals surface area contributed by atoms with Gasteiger partial charge in [-0.3, -0.25) is 4.79 Å². The van der Waals surface area contributed by atoms with Gasteiger partial charge in [-0.25, -0.2) is 4.68 Å². The molecule has 2 aromatic rings. The van der Waals surface area contributed by atoms with Crippen molar-refractivity contribution in [1.29, 1.82) is 0 Å². The van der Waals surface area contributed by atoms with Crippen molar-refractivity contribution in [2.45, 2.75) is 26.0 Å². The molecule has 1 aromatic carbocycles. The standard InChI is InChI=1S/C13H15BrN4O3/c1-8-3-9(5-10(14)4-8)13-15-16-17-18(13)7-11(21-2)6-12(19)20/h3-5,11H,6-7H2,1-2H3,(H,19,20). The molecule has 112 valence electrons. The Morgan fingerprint density at radius 1 is 1.48 bits per heavy atom. The van der Waals surface area contributed by atoms with E-state index in [1.807, 2.05) is 25.1 Å². The summed E-state index contributed by atoms with van der Waals surface area (Å²) >= 11 is 3.44. The fourth-order valence-electron chi connectivity index (χ4n) is 2.01. The molecule has 0 aliphatic rings. The molecule has 2 rings (SSSR count). The highest BCUT2D eigenvalue weighted by Gasteiger charge is 2.17. The van der Waals surface area contributed by atoms with Crippen LogP contribution in [-0.2, 0) is 16.1 Å². The minimum absolute atomic E-state index is 0.104. The van der Waals surface area contributed by atoms with Crippen molar-refractivity contribution in [2.75, 3.05) is 7.11 Å². The van der Waals surface area contributed by atoms with Gasteiger partial charge in [0, 0.05) is 17.1 Å². The second kappa shape index (κ2) is 6.77. The first kappa shape index (κ1) is 15.6. The van der Waals surface area contributed by atoms with Crippen LogP contribution in [0.3, 0.4) is 0 Å². The van der Waals surface area contributed by atoms with Gasteiger partial charge in [-0.05, 0) is 41.1 Å². The molecular formula is C13H15BrN4O3. The highest BCUT2D eigenvalue weighted by molar-refractivity contribution is 9.10. The third-order valence-electron chi connectivity index (χ3n) is 2.94. The third kappa shape index (κ3) is 4.08. The minimum atomic E-state index is -0.922. The van der Waals surface area contributed by atoms with Crippen LogP contribution in [0.4, 0.5) is 0 Å². The van der Waals surface area contributed by atoms with E-state index in [9.17, 15) is 4.79 Å². The molecule has 1 unspecified atom stereocenters. The van der Waals surface area contributed by atoms with Gasteiger partial charge in [-0.15, -0.1) is 5.10 Å². The van der Waals surface area contributed by atoms with E-state index in [1.165, 1.54) is 7.11 Å². The molecule has 0 aliphatic heterocycles. The second-order valence-corrected chi connectivity index (χ2v) is 5.57. The Labute approximate surface area is 130 Å². The number of benzene rings is 1. The molecule has 0 spiro atoms. The van der Waals surface area contributed by atoms with Crippen LogP contribution in [0.1, 0.15) is 12.0 Å². The number of halogens is 1. The van der Waals surface area contributed by atoms with Crippen LogP contribution in [-0.4, -0.2) is 44.5 Å². The summed E-state index contributed by atoms with van der Waals surface area (Å²) in [4.78, 5) is 10.8. The number of carboxylic acid groups (broad SMARTS) is 1. The molecule has 0 amide bonds. The number of ether oxygens (including phenoxy) is 1. The number of carboxylic acids is 1. The van der Waals surface area contributed by atoms with Crippen molar-refractivity contribution < 1.29 is 14.6 Å². The van der Waals surface area contributed by atoms with Crippen LogP contribution in [0, 0.1) is 6.92 Å². The number of carbonyl (C=O) groups is 1. The van der Waals surface area contributed by atoms with Crippen LogP contribution < -0.4 is 0 Å². The third-order valence-corrected chi connectivity index (χ3v) is 3.40. The van der Waals surface area contributed by atoms with E-state index in [1.54, 1.807) is 4.68 Å². The molecule has 1 atom stereocenters. The monoisotopic (exact) mass is 354 g/mol. The highest BCUT2D eigenvalue weighted by atomic mass is 79.9. The van der Waals surface area contributed by atoms with Gasteiger partial charge in [0.2, 0.25) is 0 Å². The second-order valence-electron chi connectivity index (χ2n) is 4.66. The van der Waals surface area contributed by atoms with Crippen LogP contribution in [0.25, 0.3) is 11.4 Å². The van der Waals surface area contributed by atoms with Gasteiger partial charge in [-0.1, -0.05) is 15.9 Å². The van der Waals surface area contributed by atoms with Gasteiger partial charge in [0.1, 0.15) is 0 Å². The van der Waals surface area contributed by atoms with Crippen molar-refractivity contribution in [3.8, 4) is 11.4 Å². The number of methoxy groups -OCH3 is 1. The molecule has 7 nitrogen and oxygen atoms in total. The average molecular weight is 355 g/mol. The van der Waals surface area contributed by atoms with Gasteiger partial charge in [0.15, 0.2) is 5.82 Å². The van der Waals surface area contributed by atoms with Crippen molar-refractivity contribution >= 4 is 21.9 Å². The molecule has 1 heterocycles. The zero-order valence-electron chi connectivity index (χ0n) is 11.7. The fourth-order valence-corrected chi connectivity index (χ4v) is 2.62. The van der Waals surface area contributed by atoms with Gasteiger partial charge in [-0.2, -0.15) is 0 Å². The lowest BCUT2D eigenvalue weighted by atomic mass is 10.1. The van der Waals surface area contributed by atoms with Gasteiger partial charge < -0.3 is 9.84 Å². The van der Waals surface area contributed by atoms with Crippen molar-refractivity contribution in [1.82, 2.24) is 20.2 Å². The summed E-state index contributed by atoms with van der Waals surface area (Å²) in [5.41, 5.74) is 1.93. The van der Waals surface area contributed by atoms with Crippen molar-refractivity contribution in [3.63, 3.8) is 0 Å². The molecule has 0 aliphatic carbocycles. The van der Waals surface area contributed by atoms with Crippen LogP contribution in [0.2, 0.25) is 0 Å². The number of rotatable bonds is 6. The van der Waals surface area contributed by atoms with Crippen LogP contribution in [0.5, 0.6) is 0 Å². The first-order chi connectivity index (χ1) is 9.99. The fraction of sp³-hybridized carbons (Fsp3) is 0.385. The Balaban J connectivity index is 2.27. The SMILES string of the molecule is COC(CC(=O)O)Cn1nnnc1-c1cc(C)cc(Br)c1. The number of hydrogen-bond acceptors (Lipinski definition) is 5. The van der Waals surface area contributed by atoms with Gasteiger partial charge in [0.05, 0.1) is 19.1 Å². The van der Waals surface area contributed by atoms with Gasteiger partial charge in [0.25, 0.3) is 0 Å². The predicted octanol–water partition coefficient (Wildman–Crippen LogP) is 1.90. The molecule has 21 heavy (non-hydrogen) atoms. The van der Waals surface area contributed by atoms with Crippen LogP contribution in [0.15, 0.2) is 22.7 Å². The molecule has 0 saturated heterocycles. The molecular weight excluding hydrogens is 340 g/mol. The number of aromatic nitrogens is 4. The summed E-state index contributed by atoms with van der Waals surface area (Å²) in [6.07, 6.45) is -0.592. The smallest absolute Gasteiger partial charge is 0.306 e. The lowest BCUT2D eigenvalue weighted by molar-refractivity contribution is -0.139. The van der Waals surface area contributed by atoms with E-state index in [-0.39, 0.29) is 13.0 Å². The highest BCUT2D eigenvalue weighted by Crippen LogP contribution is 2.23. The summed E-state index contributed by atoms with van der Waals surface area (Å²) in [7, 11) is 1.47. The Bertz CT molecular complexity index is 624.